The summed E-state index contributed by atoms with van der Waals surface area (Å²) >= 11 is 0. The highest BCUT2D eigenvalue weighted by Crippen LogP contribution is 2.20. The second kappa shape index (κ2) is 11.6. The Balaban J connectivity index is 1.23. The van der Waals surface area contributed by atoms with Crippen molar-refractivity contribution in [2.45, 2.75) is 26.3 Å². The average Bonchev–Trinajstić information content (AvgIpc) is 2.84. The Hall–Kier alpha value is -2.51. The summed E-state index contributed by atoms with van der Waals surface area (Å²) in [5.41, 5.74) is 0.839. The van der Waals surface area contributed by atoms with Crippen LogP contribution in [0.25, 0.3) is 0 Å². The van der Waals surface area contributed by atoms with Gasteiger partial charge in [0.15, 0.2) is 0 Å². The van der Waals surface area contributed by atoms with Gasteiger partial charge in [0.05, 0.1) is 6.54 Å². The minimum atomic E-state index is -0.254. The summed E-state index contributed by atoms with van der Waals surface area (Å²) in [6, 6.07) is 12.6. The Morgan fingerprint density at radius 3 is 2.67 bits per heavy atom. The number of amides is 1. The van der Waals surface area contributed by atoms with Crippen LogP contribution in [0, 0.1) is 11.7 Å². The lowest BCUT2D eigenvalue weighted by Crippen LogP contribution is -2.50. The summed E-state index contributed by atoms with van der Waals surface area (Å²) in [7, 11) is 0. The van der Waals surface area contributed by atoms with Crippen LogP contribution in [-0.4, -0.2) is 84.5 Å². The molecule has 3 heterocycles. The highest BCUT2D eigenvalue weighted by atomic mass is 19.1. The SMILES string of the molecule is CCN(Cc1cccc(F)c1)C(=O)CN1CCCC(CN2CCN(c3ccccn3)CC2)C1. The van der Waals surface area contributed by atoms with E-state index < -0.39 is 0 Å². The Morgan fingerprint density at radius 2 is 1.94 bits per heavy atom. The maximum absolute atomic E-state index is 13.5. The van der Waals surface area contributed by atoms with Gasteiger partial charge in [-0.2, -0.15) is 0 Å². The second-order valence-electron chi connectivity index (χ2n) is 9.26. The molecule has 2 aliphatic rings. The number of carbonyl (C=O) groups is 1. The molecular formula is C26H36FN5O. The molecule has 7 heteroatoms. The van der Waals surface area contributed by atoms with Crippen molar-refractivity contribution >= 4 is 11.7 Å². The van der Waals surface area contributed by atoms with Gasteiger partial charge in [0.25, 0.3) is 0 Å². The molecule has 178 valence electrons. The second-order valence-corrected chi connectivity index (χ2v) is 9.26. The molecule has 0 N–H and O–H groups in total. The molecule has 1 unspecified atom stereocenters. The van der Waals surface area contributed by atoms with E-state index in [-0.39, 0.29) is 11.7 Å². The lowest BCUT2D eigenvalue weighted by molar-refractivity contribution is -0.133. The maximum atomic E-state index is 13.5. The summed E-state index contributed by atoms with van der Waals surface area (Å²) in [6.07, 6.45) is 4.23. The van der Waals surface area contributed by atoms with Gasteiger partial charge >= 0.3 is 0 Å². The highest BCUT2D eigenvalue weighted by Gasteiger charge is 2.26. The number of aromatic nitrogens is 1. The van der Waals surface area contributed by atoms with Gasteiger partial charge in [0.2, 0.25) is 5.91 Å². The topological polar surface area (TPSA) is 42.9 Å². The number of hydrogen-bond donors (Lipinski definition) is 0. The molecule has 0 aliphatic carbocycles. The van der Waals surface area contributed by atoms with E-state index >= 15 is 0 Å². The van der Waals surface area contributed by atoms with Crippen LogP contribution in [0.2, 0.25) is 0 Å². The molecule has 1 aromatic carbocycles. The Labute approximate surface area is 197 Å². The minimum Gasteiger partial charge on any atom is -0.354 e. The van der Waals surface area contributed by atoms with Crippen molar-refractivity contribution < 1.29 is 9.18 Å². The van der Waals surface area contributed by atoms with Crippen LogP contribution in [-0.2, 0) is 11.3 Å². The lowest BCUT2D eigenvalue weighted by Gasteiger charge is -2.39. The number of likely N-dealkylation sites (tertiary alicyclic amines) is 1. The van der Waals surface area contributed by atoms with E-state index in [0.717, 1.165) is 63.6 Å². The van der Waals surface area contributed by atoms with Crippen molar-refractivity contribution in [2.75, 3.05) is 63.8 Å². The zero-order valence-electron chi connectivity index (χ0n) is 19.7. The number of hydrogen-bond acceptors (Lipinski definition) is 5. The molecule has 2 aliphatic heterocycles. The highest BCUT2D eigenvalue weighted by molar-refractivity contribution is 5.78. The van der Waals surface area contributed by atoms with Crippen molar-refractivity contribution in [1.82, 2.24) is 19.7 Å². The van der Waals surface area contributed by atoms with Gasteiger partial charge in [-0.05, 0) is 62.1 Å². The molecule has 1 atom stereocenters. The predicted molar refractivity (Wildman–Crippen MR) is 130 cm³/mol. The molecule has 0 spiro atoms. The number of rotatable bonds is 8. The van der Waals surface area contributed by atoms with Crippen molar-refractivity contribution in [2.24, 2.45) is 5.92 Å². The minimum absolute atomic E-state index is 0.131. The van der Waals surface area contributed by atoms with E-state index in [2.05, 4.69) is 25.8 Å². The fourth-order valence-electron chi connectivity index (χ4n) is 5.03. The maximum Gasteiger partial charge on any atom is 0.237 e. The van der Waals surface area contributed by atoms with Gasteiger partial charge < -0.3 is 9.80 Å². The number of piperazine rings is 1. The van der Waals surface area contributed by atoms with Crippen molar-refractivity contribution in [3.8, 4) is 0 Å². The quantitative estimate of drug-likeness (QED) is 0.615. The number of piperidine rings is 1. The first-order chi connectivity index (χ1) is 16.1. The van der Waals surface area contributed by atoms with Crippen LogP contribution >= 0.6 is 0 Å². The fourth-order valence-corrected chi connectivity index (χ4v) is 5.03. The predicted octanol–water partition coefficient (Wildman–Crippen LogP) is 3.10. The molecular weight excluding hydrogens is 417 g/mol. The normalized spacial score (nSPS) is 20.1. The Morgan fingerprint density at radius 1 is 1.09 bits per heavy atom. The third-order valence-electron chi connectivity index (χ3n) is 6.82. The third-order valence-corrected chi connectivity index (χ3v) is 6.82. The van der Waals surface area contributed by atoms with Crippen molar-refractivity contribution in [1.29, 1.82) is 0 Å². The molecule has 6 nitrogen and oxygen atoms in total. The van der Waals surface area contributed by atoms with E-state index in [1.54, 1.807) is 6.07 Å². The van der Waals surface area contributed by atoms with Crippen LogP contribution in [0.1, 0.15) is 25.3 Å². The zero-order chi connectivity index (χ0) is 23.0. The summed E-state index contributed by atoms with van der Waals surface area (Å²) in [6.45, 7) is 10.7. The van der Waals surface area contributed by atoms with Crippen LogP contribution in [0.15, 0.2) is 48.7 Å². The summed E-state index contributed by atoms with van der Waals surface area (Å²) in [5.74, 6) is 1.55. The van der Waals surface area contributed by atoms with Crippen molar-refractivity contribution in [3.63, 3.8) is 0 Å². The number of nitrogens with zero attached hydrogens (tertiary/aromatic N) is 5. The van der Waals surface area contributed by atoms with E-state index in [9.17, 15) is 9.18 Å². The first kappa shape index (κ1) is 23.6. The molecule has 0 saturated carbocycles. The molecule has 4 rings (SSSR count). The lowest BCUT2D eigenvalue weighted by atomic mass is 9.97. The molecule has 2 fully saturated rings. The number of anilines is 1. The third kappa shape index (κ3) is 6.74. The number of benzene rings is 1. The molecule has 2 saturated heterocycles. The number of pyridine rings is 1. The molecule has 0 radical (unpaired) electrons. The summed E-state index contributed by atoms with van der Waals surface area (Å²) < 4.78 is 13.5. The number of likely N-dealkylation sites (N-methyl/N-ethyl adjacent to an activating group) is 1. The monoisotopic (exact) mass is 453 g/mol. The van der Waals surface area contributed by atoms with E-state index in [1.165, 1.54) is 18.6 Å². The van der Waals surface area contributed by atoms with Crippen LogP contribution < -0.4 is 4.90 Å². The molecule has 33 heavy (non-hydrogen) atoms. The Bertz CT molecular complexity index is 887. The molecule has 1 aromatic heterocycles. The van der Waals surface area contributed by atoms with E-state index in [1.807, 2.05) is 36.2 Å². The Kier molecular flexibility index (Phi) is 8.29. The summed E-state index contributed by atoms with van der Waals surface area (Å²) in [4.78, 5) is 26.5. The van der Waals surface area contributed by atoms with Crippen LogP contribution in [0.4, 0.5) is 10.2 Å². The zero-order valence-corrected chi connectivity index (χ0v) is 19.7. The van der Waals surface area contributed by atoms with Crippen LogP contribution in [0.3, 0.4) is 0 Å². The molecule has 1 amide bonds. The largest absolute Gasteiger partial charge is 0.354 e. The fraction of sp³-hybridized carbons (Fsp3) is 0.538. The summed E-state index contributed by atoms with van der Waals surface area (Å²) in [5, 5.41) is 0. The standard InChI is InChI=1S/C26H36FN5O/c1-2-31(20-22-7-5-9-24(27)17-22)26(33)21-30-12-6-8-23(19-30)18-29-13-15-32(16-14-29)25-10-3-4-11-28-25/h3-5,7,9-11,17,23H,2,6,8,12-16,18-21H2,1H3. The smallest absolute Gasteiger partial charge is 0.237 e. The first-order valence-corrected chi connectivity index (χ1v) is 12.2. The van der Waals surface area contributed by atoms with Gasteiger partial charge in [0, 0.05) is 58.6 Å². The van der Waals surface area contributed by atoms with Gasteiger partial charge in [-0.1, -0.05) is 18.2 Å². The van der Waals surface area contributed by atoms with Gasteiger partial charge in [-0.15, -0.1) is 0 Å². The molecule has 2 aromatic rings. The van der Waals surface area contributed by atoms with Crippen molar-refractivity contribution in [3.05, 3.63) is 60.0 Å². The van der Waals surface area contributed by atoms with Gasteiger partial charge in [-0.3, -0.25) is 14.6 Å². The van der Waals surface area contributed by atoms with Gasteiger partial charge in [0.1, 0.15) is 11.6 Å². The van der Waals surface area contributed by atoms with Gasteiger partial charge in [-0.25, -0.2) is 9.37 Å². The average molecular weight is 454 g/mol. The van der Waals surface area contributed by atoms with E-state index in [4.69, 9.17) is 0 Å². The van der Waals surface area contributed by atoms with E-state index in [0.29, 0.717) is 25.6 Å². The van der Waals surface area contributed by atoms with Crippen LogP contribution in [0.5, 0.6) is 0 Å². The number of halogens is 1. The molecule has 0 bridgehead atoms. The first-order valence-electron chi connectivity index (χ1n) is 12.2. The number of carbonyl (C=O) groups excluding carboxylic acids is 1.